The third-order valence-corrected chi connectivity index (χ3v) is 4.78. The molecule has 0 N–H and O–H groups in total. The Balaban J connectivity index is 1.92. The zero-order chi connectivity index (χ0) is 18.8. The second-order valence-corrected chi connectivity index (χ2v) is 6.95. The molecule has 1 aromatic heterocycles. The summed E-state index contributed by atoms with van der Waals surface area (Å²) in [6, 6.07) is 24.1. The maximum absolute atomic E-state index is 6.34. The molecule has 0 aliphatic carbocycles. The Morgan fingerprint density at radius 1 is 0.630 bits per heavy atom. The fraction of sp³-hybridized carbons (Fsp3) is 0.0870. The van der Waals surface area contributed by atoms with Crippen LogP contribution in [0.5, 0.6) is 0 Å². The molecule has 4 rings (SSSR count). The first kappa shape index (κ1) is 17.4. The molecule has 1 heterocycles. The van der Waals surface area contributed by atoms with Crippen molar-refractivity contribution >= 4 is 11.6 Å². The normalized spacial score (nSPS) is 10.8. The molecule has 0 spiro atoms. The number of halogens is 1. The van der Waals surface area contributed by atoms with E-state index in [-0.39, 0.29) is 0 Å². The summed E-state index contributed by atoms with van der Waals surface area (Å²) in [5, 5.41) is 9.50. The molecule has 0 unspecified atom stereocenters. The number of aromatic nitrogens is 3. The van der Waals surface area contributed by atoms with Crippen molar-refractivity contribution in [1.29, 1.82) is 0 Å². The smallest absolute Gasteiger partial charge is 0.183 e. The summed E-state index contributed by atoms with van der Waals surface area (Å²) in [5.74, 6) is 0.520. The van der Waals surface area contributed by atoms with Gasteiger partial charge >= 0.3 is 0 Å². The monoisotopic (exact) mass is 371 g/mol. The molecule has 0 saturated carbocycles. The van der Waals surface area contributed by atoms with Crippen molar-refractivity contribution in [3.05, 3.63) is 88.9 Å². The third-order valence-electron chi connectivity index (χ3n) is 4.45. The van der Waals surface area contributed by atoms with Crippen molar-refractivity contribution in [3.8, 4) is 33.9 Å². The van der Waals surface area contributed by atoms with Crippen molar-refractivity contribution in [2.75, 3.05) is 0 Å². The van der Waals surface area contributed by atoms with Gasteiger partial charge in [0.25, 0.3) is 0 Å². The maximum atomic E-state index is 6.34. The first-order chi connectivity index (χ1) is 13.1. The van der Waals surface area contributed by atoms with Gasteiger partial charge in [0.05, 0.1) is 5.02 Å². The summed E-state index contributed by atoms with van der Waals surface area (Å²) in [6.45, 7) is 4.13. The van der Waals surface area contributed by atoms with Crippen molar-refractivity contribution in [2.24, 2.45) is 0 Å². The molecule has 0 bridgehead atoms. The van der Waals surface area contributed by atoms with Gasteiger partial charge < -0.3 is 0 Å². The average Bonchev–Trinajstić information content (AvgIpc) is 2.69. The Bertz CT molecular complexity index is 1090. The SMILES string of the molecule is Cc1ccc(-c2nnc(-c3ccccc3Cl)nc2-c2ccc(C)cc2)cc1. The van der Waals surface area contributed by atoms with E-state index in [0.29, 0.717) is 10.8 Å². The minimum atomic E-state index is 0.520. The molecular formula is C23H18ClN3. The van der Waals surface area contributed by atoms with Gasteiger partial charge in [0.2, 0.25) is 0 Å². The fourth-order valence-electron chi connectivity index (χ4n) is 2.90. The summed E-state index contributed by atoms with van der Waals surface area (Å²) in [5.41, 5.74) is 6.71. The van der Waals surface area contributed by atoms with E-state index < -0.39 is 0 Å². The summed E-state index contributed by atoms with van der Waals surface area (Å²) in [4.78, 5) is 4.84. The highest BCUT2D eigenvalue weighted by atomic mass is 35.5. The molecule has 3 aromatic carbocycles. The van der Waals surface area contributed by atoms with Crippen molar-refractivity contribution in [1.82, 2.24) is 15.2 Å². The van der Waals surface area contributed by atoms with Gasteiger partial charge in [-0.05, 0) is 26.0 Å². The van der Waals surface area contributed by atoms with E-state index >= 15 is 0 Å². The first-order valence-electron chi connectivity index (χ1n) is 8.75. The molecule has 27 heavy (non-hydrogen) atoms. The van der Waals surface area contributed by atoms with E-state index in [1.165, 1.54) is 11.1 Å². The molecule has 3 nitrogen and oxygen atoms in total. The van der Waals surface area contributed by atoms with Crippen LogP contribution in [0.1, 0.15) is 11.1 Å². The summed E-state index contributed by atoms with van der Waals surface area (Å²) in [7, 11) is 0. The fourth-order valence-corrected chi connectivity index (χ4v) is 3.12. The van der Waals surface area contributed by atoms with E-state index in [0.717, 1.165) is 28.1 Å². The lowest BCUT2D eigenvalue weighted by atomic mass is 10.0. The van der Waals surface area contributed by atoms with Gasteiger partial charge in [-0.3, -0.25) is 0 Å². The largest absolute Gasteiger partial charge is 0.224 e. The number of rotatable bonds is 3. The van der Waals surface area contributed by atoms with Gasteiger partial charge in [0.1, 0.15) is 11.4 Å². The van der Waals surface area contributed by atoms with Gasteiger partial charge in [0.15, 0.2) is 5.82 Å². The molecule has 0 aliphatic rings. The van der Waals surface area contributed by atoms with Crippen LogP contribution >= 0.6 is 11.6 Å². The predicted molar refractivity (Wildman–Crippen MR) is 111 cm³/mol. The van der Waals surface area contributed by atoms with Crippen LogP contribution in [0, 0.1) is 13.8 Å². The van der Waals surface area contributed by atoms with Crippen LogP contribution in [0.15, 0.2) is 72.8 Å². The van der Waals surface area contributed by atoms with Gasteiger partial charge in [-0.25, -0.2) is 4.98 Å². The average molecular weight is 372 g/mol. The molecule has 0 saturated heterocycles. The summed E-state index contributed by atoms with van der Waals surface area (Å²) >= 11 is 6.34. The van der Waals surface area contributed by atoms with E-state index in [2.05, 4.69) is 60.4 Å². The van der Waals surface area contributed by atoms with Gasteiger partial charge in [-0.15, -0.1) is 10.2 Å². The van der Waals surface area contributed by atoms with Crippen LogP contribution < -0.4 is 0 Å². The highest BCUT2D eigenvalue weighted by molar-refractivity contribution is 6.33. The molecule has 0 atom stereocenters. The molecule has 4 heteroatoms. The Kier molecular flexibility index (Phi) is 4.69. The number of hydrogen-bond donors (Lipinski definition) is 0. The lowest BCUT2D eigenvalue weighted by Gasteiger charge is -2.11. The zero-order valence-electron chi connectivity index (χ0n) is 15.1. The minimum Gasteiger partial charge on any atom is -0.224 e. The Morgan fingerprint density at radius 3 is 1.78 bits per heavy atom. The van der Waals surface area contributed by atoms with Crippen molar-refractivity contribution < 1.29 is 0 Å². The van der Waals surface area contributed by atoms with Gasteiger partial charge in [0, 0.05) is 16.7 Å². The molecule has 4 aromatic rings. The van der Waals surface area contributed by atoms with E-state index in [4.69, 9.17) is 16.6 Å². The third kappa shape index (κ3) is 3.60. The van der Waals surface area contributed by atoms with Gasteiger partial charge in [-0.1, -0.05) is 83.4 Å². The van der Waals surface area contributed by atoms with Gasteiger partial charge in [-0.2, -0.15) is 0 Å². The van der Waals surface area contributed by atoms with Crippen molar-refractivity contribution in [3.63, 3.8) is 0 Å². The highest BCUT2D eigenvalue weighted by Gasteiger charge is 2.15. The predicted octanol–water partition coefficient (Wildman–Crippen LogP) is 6.14. The minimum absolute atomic E-state index is 0.520. The Morgan fingerprint density at radius 2 is 1.19 bits per heavy atom. The topological polar surface area (TPSA) is 38.7 Å². The molecule has 0 amide bonds. The van der Waals surface area contributed by atoms with Crippen LogP contribution in [0.2, 0.25) is 5.02 Å². The van der Waals surface area contributed by atoms with Crippen LogP contribution in [0.25, 0.3) is 33.9 Å². The number of nitrogens with zero attached hydrogens (tertiary/aromatic N) is 3. The van der Waals surface area contributed by atoms with Crippen LogP contribution in [-0.4, -0.2) is 15.2 Å². The van der Waals surface area contributed by atoms with Crippen LogP contribution in [0.3, 0.4) is 0 Å². The summed E-state index contributed by atoms with van der Waals surface area (Å²) < 4.78 is 0. The molecular weight excluding hydrogens is 354 g/mol. The lowest BCUT2D eigenvalue weighted by molar-refractivity contribution is 0.991. The Hall–Kier alpha value is -3.04. The number of aryl methyl sites for hydroxylation is 2. The second kappa shape index (κ2) is 7.29. The van der Waals surface area contributed by atoms with E-state index in [9.17, 15) is 0 Å². The van der Waals surface area contributed by atoms with E-state index in [1.807, 2.05) is 36.4 Å². The zero-order valence-corrected chi connectivity index (χ0v) is 15.9. The first-order valence-corrected chi connectivity index (χ1v) is 9.13. The summed E-state index contributed by atoms with van der Waals surface area (Å²) in [6.07, 6.45) is 0. The lowest BCUT2D eigenvalue weighted by Crippen LogP contribution is -2.00. The molecule has 0 radical (unpaired) electrons. The van der Waals surface area contributed by atoms with E-state index in [1.54, 1.807) is 0 Å². The number of hydrogen-bond acceptors (Lipinski definition) is 3. The molecule has 0 aliphatic heterocycles. The standard InChI is InChI=1S/C23H18ClN3/c1-15-7-11-17(12-8-15)21-22(18-13-9-16(2)10-14-18)26-27-23(25-21)19-5-3-4-6-20(19)24/h3-14H,1-2H3. The Labute approximate surface area is 163 Å². The van der Waals surface area contributed by atoms with Crippen molar-refractivity contribution in [2.45, 2.75) is 13.8 Å². The number of benzene rings is 3. The van der Waals surface area contributed by atoms with Crippen LogP contribution in [0.4, 0.5) is 0 Å². The quantitative estimate of drug-likeness (QED) is 0.434. The molecule has 0 fully saturated rings. The maximum Gasteiger partial charge on any atom is 0.183 e. The molecule has 132 valence electrons. The second-order valence-electron chi connectivity index (χ2n) is 6.54. The van der Waals surface area contributed by atoms with Crippen LogP contribution in [-0.2, 0) is 0 Å². The highest BCUT2D eigenvalue weighted by Crippen LogP contribution is 2.32.